The van der Waals surface area contributed by atoms with Crippen molar-refractivity contribution in [2.75, 3.05) is 6.61 Å². The molecule has 0 spiro atoms. The lowest BCUT2D eigenvalue weighted by Gasteiger charge is -2.07. The van der Waals surface area contributed by atoms with Crippen LogP contribution in [0.25, 0.3) is 0 Å². The number of rotatable bonds is 8. The van der Waals surface area contributed by atoms with Crippen molar-refractivity contribution in [2.24, 2.45) is 5.92 Å². The maximum atomic E-state index is 11.2. The Kier molecular flexibility index (Phi) is 6.47. The second kappa shape index (κ2) is 7.63. The minimum Gasteiger partial charge on any atom is -0.463 e. The van der Waals surface area contributed by atoms with Crippen molar-refractivity contribution in [1.82, 2.24) is 0 Å². The van der Waals surface area contributed by atoms with Crippen molar-refractivity contribution < 1.29 is 14.3 Å². The van der Waals surface area contributed by atoms with E-state index in [1.807, 2.05) is 19.9 Å². The Morgan fingerprint density at radius 2 is 2.10 bits per heavy atom. The summed E-state index contributed by atoms with van der Waals surface area (Å²) in [7, 11) is 0. The van der Waals surface area contributed by atoms with Crippen molar-refractivity contribution in [2.45, 2.75) is 65.6 Å². The molecule has 1 fully saturated rings. The molecule has 3 nitrogen and oxygen atoms in total. The molecule has 0 saturated carbocycles. The Hall–Kier alpha value is -1.09. The second-order valence-electron chi connectivity index (χ2n) is 6.17. The van der Waals surface area contributed by atoms with E-state index in [9.17, 15) is 4.79 Å². The Labute approximate surface area is 123 Å². The van der Waals surface area contributed by atoms with Crippen LogP contribution in [0.5, 0.6) is 0 Å². The maximum Gasteiger partial charge on any atom is 0.330 e. The molecule has 2 atom stereocenters. The lowest BCUT2D eigenvalue weighted by atomic mass is 9.97. The van der Waals surface area contributed by atoms with Crippen molar-refractivity contribution >= 4 is 5.97 Å². The number of allylic oxidation sites excluding steroid dienone is 3. The first kappa shape index (κ1) is 17.0. The van der Waals surface area contributed by atoms with Gasteiger partial charge in [-0.2, -0.15) is 0 Å². The van der Waals surface area contributed by atoms with Gasteiger partial charge in [0.2, 0.25) is 0 Å². The van der Waals surface area contributed by atoms with E-state index in [0.717, 1.165) is 18.4 Å². The Bertz CT molecular complexity index is 380. The van der Waals surface area contributed by atoms with Gasteiger partial charge in [0, 0.05) is 6.08 Å². The van der Waals surface area contributed by atoms with Crippen molar-refractivity contribution in [3.63, 3.8) is 0 Å². The minimum atomic E-state index is -0.268. The number of hydrogen-bond acceptors (Lipinski definition) is 3. The fourth-order valence-electron chi connectivity index (χ4n) is 2.20. The molecule has 2 unspecified atom stereocenters. The molecule has 20 heavy (non-hydrogen) atoms. The lowest BCUT2D eigenvalue weighted by Crippen LogP contribution is -2.04. The molecule has 3 heteroatoms. The molecule has 1 rings (SSSR count). The third kappa shape index (κ3) is 6.38. The average Bonchev–Trinajstić information content (AvgIpc) is 2.94. The van der Waals surface area contributed by atoms with E-state index in [-0.39, 0.29) is 11.6 Å². The summed E-state index contributed by atoms with van der Waals surface area (Å²) >= 11 is 0. The molecule has 0 N–H and O–H groups in total. The van der Waals surface area contributed by atoms with Crippen LogP contribution in [-0.2, 0) is 14.3 Å². The van der Waals surface area contributed by atoms with Gasteiger partial charge in [0.15, 0.2) is 0 Å². The van der Waals surface area contributed by atoms with E-state index in [1.165, 1.54) is 12.5 Å². The fourth-order valence-corrected chi connectivity index (χ4v) is 2.20. The van der Waals surface area contributed by atoms with Crippen LogP contribution in [0.1, 0.15) is 53.9 Å². The summed E-state index contributed by atoms with van der Waals surface area (Å²) in [5.74, 6) is 0.373. The molecule has 1 aliphatic heterocycles. The first-order valence-electron chi connectivity index (χ1n) is 7.54. The fraction of sp³-hybridized carbons (Fsp3) is 0.706. The third-order valence-electron chi connectivity index (χ3n) is 3.64. The van der Waals surface area contributed by atoms with Crippen LogP contribution in [0.2, 0.25) is 0 Å². The maximum absolute atomic E-state index is 11.2. The minimum absolute atomic E-state index is 0.106. The number of esters is 1. The van der Waals surface area contributed by atoms with Crippen LogP contribution < -0.4 is 0 Å². The van der Waals surface area contributed by atoms with E-state index in [4.69, 9.17) is 9.47 Å². The number of epoxide rings is 1. The van der Waals surface area contributed by atoms with E-state index < -0.39 is 0 Å². The summed E-state index contributed by atoms with van der Waals surface area (Å²) in [6.07, 6.45) is 9.45. The predicted molar refractivity (Wildman–Crippen MR) is 81.5 cm³/mol. The molecule has 0 aromatic rings. The molecule has 1 aliphatic rings. The summed E-state index contributed by atoms with van der Waals surface area (Å²) < 4.78 is 10.5. The van der Waals surface area contributed by atoms with Crippen LogP contribution in [-0.4, -0.2) is 24.3 Å². The average molecular weight is 280 g/mol. The van der Waals surface area contributed by atoms with E-state index >= 15 is 0 Å². The van der Waals surface area contributed by atoms with Gasteiger partial charge in [-0.25, -0.2) is 4.79 Å². The Balaban J connectivity index is 2.21. The van der Waals surface area contributed by atoms with E-state index in [0.29, 0.717) is 18.6 Å². The predicted octanol–water partition coefficient (Wildman–Crippen LogP) is 4.04. The molecule has 0 amide bonds. The monoisotopic (exact) mass is 280 g/mol. The van der Waals surface area contributed by atoms with Crippen molar-refractivity contribution in [3.05, 3.63) is 23.8 Å². The van der Waals surface area contributed by atoms with Crippen molar-refractivity contribution in [3.8, 4) is 0 Å². The quantitative estimate of drug-likeness (QED) is 0.291. The normalized spacial score (nSPS) is 22.9. The third-order valence-corrected chi connectivity index (χ3v) is 3.64. The molecule has 0 radical (unpaired) electrons. The zero-order valence-corrected chi connectivity index (χ0v) is 13.4. The largest absolute Gasteiger partial charge is 0.463 e. The summed E-state index contributed by atoms with van der Waals surface area (Å²) in [6, 6.07) is 0. The molecule has 0 aromatic carbocycles. The van der Waals surface area contributed by atoms with E-state index in [1.54, 1.807) is 0 Å². The number of carbonyl (C=O) groups excluding carboxylic acids is 1. The SMILES string of the molecule is CCOC(=O)C=C(C)C=CCC(C)CCC1OC1(C)C. The smallest absolute Gasteiger partial charge is 0.330 e. The molecule has 0 bridgehead atoms. The highest BCUT2D eigenvalue weighted by molar-refractivity contribution is 5.83. The van der Waals surface area contributed by atoms with Crippen molar-refractivity contribution in [1.29, 1.82) is 0 Å². The van der Waals surface area contributed by atoms with Gasteiger partial charge < -0.3 is 9.47 Å². The zero-order valence-electron chi connectivity index (χ0n) is 13.4. The summed E-state index contributed by atoms with van der Waals surface area (Å²) in [6.45, 7) is 10.7. The number of carbonyl (C=O) groups is 1. The lowest BCUT2D eigenvalue weighted by molar-refractivity contribution is -0.137. The Morgan fingerprint density at radius 1 is 1.45 bits per heavy atom. The standard InChI is InChI=1S/C17H28O3/c1-6-19-16(18)12-14(3)9-7-8-13(2)10-11-15-17(4,5)20-15/h7,9,12-13,15H,6,8,10-11H2,1-5H3. The highest BCUT2D eigenvalue weighted by Crippen LogP contribution is 2.39. The van der Waals surface area contributed by atoms with E-state index in [2.05, 4.69) is 26.8 Å². The second-order valence-corrected chi connectivity index (χ2v) is 6.17. The van der Waals surface area contributed by atoms with Gasteiger partial charge in [0.25, 0.3) is 0 Å². The van der Waals surface area contributed by atoms with Gasteiger partial charge >= 0.3 is 5.97 Å². The molecule has 0 aromatic heterocycles. The summed E-state index contributed by atoms with van der Waals surface area (Å²) in [5, 5.41) is 0. The molecule has 1 heterocycles. The van der Waals surface area contributed by atoms with Gasteiger partial charge in [0.05, 0.1) is 18.3 Å². The van der Waals surface area contributed by atoms with Crippen LogP contribution in [0.4, 0.5) is 0 Å². The molecule has 114 valence electrons. The van der Waals surface area contributed by atoms with Crippen LogP contribution in [0.15, 0.2) is 23.8 Å². The number of hydrogen-bond donors (Lipinski definition) is 0. The van der Waals surface area contributed by atoms with Gasteiger partial charge in [-0.1, -0.05) is 19.1 Å². The zero-order chi connectivity index (χ0) is 15.2. The topological polar surface area (TPSA) is 38.8 Å². The number of ether oxygens (including phenoxy) is 2. The summed E-state index contributed by atoms with van der Waals surface area (Å²) in [4.78, 5) is 11.2. The van der Waals surface area contributed by atoms with Gasteiger partial charge in [0.1, 0.15) is 0 Å². The van der Waals surface area contributed by atoms with Crippen LogP contribution in [0, 0.1) is 5.92 Å². The van der Waals surface area contributed by atoms with Gasteiger partial charge in [-0.15, -0.1) is 0 Å². The van der Waals surface area contributed by atoms with Crippen LogP contribution >= 0.6 is 0 Å². The van der Waals surface area contributed by atoms with Gasteiger partial charge in [-0.3, -0.25) is 0 Å². The molecule has 1 saturated heterocycles. The van der Waals surface area contributed by atoms with Gasteiger partial charge in [-0.05, 0) is 58.4 Å². The molecular formula is C17H28O3. The Morgan fingerprint density at radius 3 is 2.65 bits per heavy atom. The molecular weight excluding hydrogens is 252 g/mol. The highest BCUT2D eigenvalue weighted by atomic mass is 16.6. The first-order valence-corrected chi connectivity index (χ1v) is 7.54. The summed E-state index contributed by atoms with van der Waals surface area (Å²) in [5.41, 5.74) is 1.04. The van der Waals surface area contributed by atoms with Crippen LogP contribution in [0.3, 0.4) is 0 Å². The highest BCUT2D eigenvalue weighted by Gasteiger charge is 2.46. The first-order chi connectivity index (χ1) is 9.35. The molecule has 0 aliphatic carbocycles.